The van der Waals surface area contributed by atoms with Gasteiger partial charge in [-0.3, -0.25) is 0 Å². The van der Waals surface area contributed by atoms with Gasteiger partial charge in [0.15, 0.2) is 0 Å². The van der Waals surface area contributed by atoms with Crippen LogP contribution in [0.5, 0.6) is 0 Å². The maximum atomic E-state index is 2.32. The summed E-state index contributed by atoms with van der Waals surface area (Å²) < 4.78 is 0. The minimum atomic E-state index is 0.778. The minimum absolute atomic E-state index is 0.778. The summed E-state index contributed by atoms with van der Waals surface area (Å²) in [6.07, 6.45) is 14.6. The zero-order valence-electron chi connectivity index (χ0n) is 15.5. The zero-order chi connectivity index (χ0) is 16.4. The van der Waals surface area contributed by atoms with E-state index in [1.54, 1.807) is 0 Å². The van der Waals surface area contributed by atoms with Crippen molar-refractivity contribution in [1.29, 1.82) is 0 Å². The Balaban J connectivity index is -0.000000262. The van der Waals surface area contributed by atoms with Crippen LogP contribution in [0.4, 0.5) is 0 Å². The summed E-state index contributed by atoms with van der Waals surface area (Å²) in [6.45, 7) is 14.8. The summed E-state index contributed by atoms with van der Waals surface area (Å²) in [6, 6.07) is 0.778. The van der Waals surface area contributed by atoms with Crippen molar-refractivity contribution in [3.63, 3.8) is 0 Å². The fraction of sp³-hybridized carbons (Fsp3) is 0.684. The minimum Gasteiger partial charge on any atom is -0.306 e. The molecule has 20 heavy (non-hydrogen) atoms. The molecule has 1 unspecified atom stereocenters. The molecule has 120 valence electrons. The van der Waals surface area contributed by atoms with Crippen LogP contribution in [-0.2, 0) is 0 Å². The largest absolute Gasteiger partial charge is 0.306 e. The molecule has 0 aliphatic heterocycles. The van der Waals surface area contributed by atoms with E-state index in [1.165, 1.54) is 12.8 Å². The van der Waals surface area contributed by atoms with E-state index in [0.29, 0.717) is 0 Å². The Morgan fingerprint density at radius 2 is 1.25 bits per heavy atom. The van der Waals surface area contributed by atoms with Gasteiger partial charge in [-0.05, 0) is 46.7 Å². The molecule has 0 saturated heterocycles. The first-order valence-corrected chi connectivity index (χ1v) is 8.06. The molecular weight excluding hydrogens is 242 g/mol. The molecule has 0 aromatic rings. The first-order chi connectivity index (χ1) is 9.49. The van der Waals surface area contributed by atoms with E-state index in [4.69, 9.17) is 0 Å². The molecule has 0 bridgehead atoms. The molecule has 0 aliphatic rings. The highest BCUT2D eigenvalue weighted by molar-refractivity contribution is 5.09. The number of allylic oxidation sites excluding steroid dienone is 6. The third kappa shape index (κ3) is 22.4. The molecule has 1 atom stereocenters. The molecule has 0 fully saturated rings. The first-order valence-electron chi connectivity index (χ1n) is 8.06. The maximum Gasteiger partial charge on any atom is 0.00889 e. The lowest BCUT2D eigenvalue weighted by Gasteiger charge is -2.24. The monoisotopic (exact) mass is 281 g/mol. The van der Waals surface area contributed by atoms with Crippen LogP contribution >= 0.6 is 0 Å². The molecule has 0 radical (unpaired) electrons. The Morgan fingerprint density at radius 1 is 0.850 bits per heavy atom. The van der Waals surface area contributed by atoms with Gasteiger partial charge in [0.05, 0.1) is 0 Å². The Kier molecular flexibility index (Phi) is 24.8. The predicted octanol–water partition coefficient (Wildman–Crippen LogP) is 6.09. The summed E-state index contributed by atoms with van der Waals surface area (Å²) in [7, 11) is 4.33. The molecule has 1 heteroatoms. The molecule has 0 N–H and O–H groups in total. The second-order valence-electron chi connectivity index (χ2n) is 5.09. The summed E-state index contributed by atoms with van der Waals surface area (Å²) >= 11 is 0. The molecule has 0 rings (SSSR count). The smallest absolute Gasteiger partial charge is 0.00889 e. The Bertz CT molecular complexity index is 220. The van der Waals surface area contributed by atoms with Crippen LogP contribution in [0, 0.1) is 5.92 Å². The SMILES string of the molecule is CC.CCC(CC(C)C)N(C)C.C\C=C/C=C\C=C\C. The third-order valence-corrected chi connectivity index (χ3v) is 2.66. The van der Waals surface area contributed by atoms with Gasteiger partial charge in [-0.15, -0.1) is 0 Å². The highest BCUT2D eigenvalue weighted by Gasteiger charge is 2.09. The Labute approximate surface area is 129 Å². The Morgan fingerprint density at radius 3 is 1.40 bits per heavy atom. The fourth-order valence-electron chi connectivity index (χ4n) is 1.64. The van der Waals surface area contributed by atoms with Crippen LogP contribution in [0.25, 0.3) is 0 Å². The van der Waals surface area contributed by atoms with Crippen molar-refractivity contribution in [3.05, 3.63) is 36.5 Å². The third-order valence-electron chi connectivity index (χ3n) is 2.66. The van der Waals surface area contributed by atoms with Gasteiger partial charge >= 0.3 is 0 Å². The molecule has 0 amide bonds. The average Bonchev–Trinajstić information content (AvgIpc) is 2.43. The maximum absolute atomic E-state index is 2.32. The van der Waals surface area contributed by atoms with Crippen molar-refractivity contribution >= 4 is 0 Å². The summed E-state index contributed by atoms with van der Waals surface area (Å²) in [4.78, 5) is 2.32. The average molecular weight is 282 g/mol. The number of hydrogen-bond acceptors (Lipinski definition) is 1. The van der Waals surface area contributed by atoms with E-state index in [1.807, 2.05) is 64.2 Å². The van der Waals surface area contributed by atoms with Gasteiger partial charge in [-0.2, -0.15) is 0 Å². The van der Waals surface area contributed by atoms with Crippen molar-refractivity contribution in [3.8, 4) is 0 Å². The van der Waals surface area contributed by atoms with E-state index < -0.39 is 0 Å². The molecule has 0 aliphatic carbocycles. The van der Waals surface area contributed by atoms with Crippen LogP contribution in [0.2, 0.25) is 0 Å². The lowest BCUT2D eigenvalue weighted by atomic mass is 10.0. The van der Waals surface area contributed by atoms with Gasteiger partial charge in [-0.25, -0.2) is 0 Å². The second-order valence-corrected chi connectivity index (χ2v) is 5.09. The zero-order valence-corrected chi connectivity index (χ0v) is 15.5. The normalized spacial score (nSPS) is 12.8. The summed E-state index contributed by atoms with van der Waals surface area (Å²) in [5.74, 6) is 0.826. The van der Waals surface area contributed by atoms with Crippen molar-refractivity contribution in [2.45, 2.75) is 67.3 Å². The Hall–Kier alpha value is -0.820. The van der Waals surface area contributed by atoms with Gasteiger partial charge < -0.3 is 4.90 Å². The molecule has 0 aromatic carbocycles. The van der Waals surface area contributed by atoms with Crippen LogP contribution < -0.4 is 0 Å². The van der Waals surface area contributed by atoms with Gasteiger partial charge in [0.25, 0.3) is 0 Å². The predicted molar refractivity (Wildman–Crippen MR) is 97.3 cm³/mol. The van der Waals surface area contributed by atoms with E-state index in [-0.39, 0.29) is 0 Å². The van der Waals surface area contributed by atoms with Crippen molar-refractivity contribution in [2.24, 2.45) is 5.92 Å². The lowest BCUT2D eigenvalue weighted by molar-refractivity contribution is 0.248. The van der Waals surface area contributed by atoms with Crippen molar-refractivity contribution in [2.75, 3.05) is 14.1 Å². The lowest BCUT2D eigenvalue weighted by Crippen LogP contribution is -2.28. The van der Waals surface area contributed by atoms with Crippen LogP contribution in [-0.4, -0.2) is 25.0 Å². The number of rotatable bonds is 6. The molecular formula is C19H39N. The van der Waals surface area contributed by atoms with Crippen LogP contribution in [0.1, 0.15) is 61.3 Å². The number of hydrogen-bond donors (Lipinski definition) is 0. The van der Waals surface area contributed by atoms with Gasteiger partial charge in [0.2, 0.25) is 0 Å². The van der Waals surface area contributed by atoms with Crippen LogP contribution in [0.15, 0.2) is 36.5 Å². The van der Waals surface area contributed by atoms with E-state index in [2.05, 4.69) is 39.8 Å². The number of nitrogens with zero attached hydrogens (tertiary/aromatic N) is 1. The first kappa shape index (κ1) is 24.2. The van der Waals surface area contributed by atoms with Crippen molar-refractivity contribution in [1.82, 2.24) is 4.90 Å². The second kappa shape index (κ2) is 20.5. The van der Waals surface area contributed by atoms with Gasteiger partial charge in [0.1, 0.15) is 0 Å². The molecule has 0 aromatic heterocycles. The molecule has 0 heterocycles. The molecule has 0 spiro atoms. The highest BCUT2D eigenvalue weighted by Crippen LogP contribution is 2.11. The molecule has 0 saturated carbocycles. The van der Waals surface area contributed by atoms with E-state index >= 15 is 0 Å². The summed E-state index contributed by atoms with van der Waals surface area (Å²) in [5.41, 5.74) is 0. The van der Waals surface area contributed by atoms with E-state index in [9.17, 15) is 0 Å². The van der Waals surface area contributed by atoms with Crippen LogP contribution in [0.3, 0.4) is 0 Å². The van der Waals surface area contributed by atoms with Gasteiger partial charge in [-0.1, -0.05) is 71.1 Å². The van der Waals surface area contributed by atoms with Crippen molar-refractivity contribution < 1.29 is 0 Å². The van der Waals surface area contributed by atoms with E-state index in [0.717, 1.165) is 12.0 Å². The quantitative estimate of drug-likeness (QED) is 0.532. The highest BCUT2D eigenvalue weighted by atomic mass is 15.1. The molecule has 1 nitrogen and oxygen atoms in total. The van der Waals surface area contributed by atoms with Gasteiger partial charge in [0, 0.05) is 6.04 Å². The summed E-state index contributed by atoms with van der Waals surface area (Å²) in [5, 5.41) is 0. The standard InChI is InChI=1S/C9H21N.C8H12.C2H6/c1-6-9(10(4)5)7-8(2)3;1-3-5-7-8-6-4-2;1-2/h8-9H,6-7H2,1-5H3;3-8H,1-2H3;1-2H3/b;5-3-,6-4+,8-7-;. The topological polar surface area (TPSA) is 3.24 Å². The fourth-order valence-corrected chi connectivity index (χ4v) is 1.64.